The van der Waals surface area contributed by atoms with Gasteiger partial charge in [-0.1, -0.05) is 12.1 Å². The molecule has 1 amide bonds. The first-order valence-electron chi connectivity index (χ1n) is 4.82. The molecule has 1 atom stereocenters. The summed E-state index contributed by atoms with van der Waals surface area (Å²) in [6.45, 7) is 1.41. The number of ketones is 1. The normalized spacial score (nSPS) is 11.6. The maximum absolute atomic E-state index is 11.5. The summed E-state index contributed by atoms with van der Waals surface area (Å²) >= 11 is 0. The third kappa shape index (κ3) is 3.39. The maximum Gasteiger partial charge on any atom is 0.341 e. The first kappa shape index (κ1) is 12.9. The molecule has 1 aromatic carbocycles. The highest BCUT2D eigenvalue weighted by Crippen LogP contribution is 2.05. The van der Waals surface area contributed by atoms with E-state index in [0.717, 1.165) is 0 Å². The van der Waals surface area contributed by atoms with Gasteiger partial charge in [0, 0.05) is 11.1 Å². The molecule has 90 valence electrons. The Hall–Kier alpha value is -2.21. The van der Waals surface area contributed by atoms with Crippen molar-refractivity contribution in [3.05, 3.63) is 35.4 Å². The highest BCUT2D eigenvalue weighted by molar-refractivity contribution is 5.98. The van der Waals surface area contributed by atoms with Crippen molar-refractivity contribution in [2.75, 3.05) is 0 Å². The highest BCUT2D eigenvalue weighted by atomic mass is 16.4. The Bertz CT molecular complexity index is 453. The van der Waals surface area contributed by atoms with Crippen molar-refractivity contribution in [2.45, 2.75) is 13.1 Å². The number of carboxylic acids is 1. The third-order valence-electron chi connectivity index (χ3n) is 2.11. The summed E-state index contributed by atoms with van der Waals surface area (Å²) < 4.78 is 0. The zero-order valence-electron chi connectivity index (χ0n) is 9.14. The van der Waals surface area contributed by atoms with Crippen LogP contribution >= 0.6 is 0 Å². The molecule has 6 nitrogen and oxygen atoms in total. The fourth-order valence-electron chi connectivity index (χ4n) is 1.14. The Kier molecular flexibility index (Phi) is 3.95. The average molecular weight is 236 g/mol. The second-order valence-corrected chi connectivity index (χ2v) is 3.42. The zero-order chi connectivity index (χ0) is 13.0. The number of carboxylic acid groups (broad SMARTS) is 1. The predicted octanol–water partition coefficient (Wildman–Crippen LogP) is -0.0116. The number of nitrogens with two attached hydrogens (primary N) is 1. The minimum atomic E-state index is -1.45. The van der Waals surface area contributed by atoms with Gasteiger partial charge in [0.25, 0.3) is 5.91 Å². The van der Waals surface area contributed by atoms with Gasteiger partial charge in [-0.25, -0.2) is 4.79 Å². The van der Waals surface area contributed by atoms with Gasteiger partial charge in [0.2, 0.25) is 0 Å². The van der Waals surface area contributed by atoms with Gasteiger partial charge in [0.1, 0.15) is 0 Å². The second-order valence-electron chi connectivity index (χ2n) is 3.42. The minimum Gasteiger partial charge on any atom is -0.479 e. The summed E-state index contributed by atoms with van der Waals surface area (Å²) in [7, 11) is 0. The Morgan fingerprint density at radius 3 is 2.06 bits per heavy atom. The third-order valence-corrected chi connectivity index (χ3v) is 2.11. The molecule has 0 heterocycles. The molecule has 0 saturated carbocycles. The molecule has 17 heavy (non-hydrogen) atoms. The molecule has 0 bridgehead atoms. The van der Waals surface area contributed by atoms with Gasteiger partial charge in [0.15, 0.2) is 11.9 Å². The number of rotatable bonds is 4. The summed E-state index contributed by atoms with van der Waals surface area (Å²) in [5, 5.41) is 10.6. The number of aliphatic carboxylic acids is 1. The summed E-state index contributed by atoms with van der Waals surface area (Å²) in [5.74, 6) is -2.03. The molecule has 0 aliphatic carbocycles. The van der Waals surface area contributed by atoms with Crippen molar-refractivity contribution in [2.24, 2.45) is 5.73 Å². The molecule has 6 heteroatoms. The smallest absolute Gasteiger partial charge is 0.341 e. The van der Waals surface area contributed by atoms with E-state index in [2.05, 4.69) is 5.32 Å². The van der Waals surface area contributed by atoms with Crippen LogP contribution in [0.15, 0.2) is 24.3 Å². The predicted molar refractivity (Wildman–Crippen MR) is 59.5 cm³/mol. The molecule has 0 spiro atoms. The summed E-state index contributed by atoms with van der Waals surface area (Å²) in [5.41, 5.74) is 5.87. The highest BCUT2D eigenvalue weighted by Gasteiger charge is 2.15. The van der Waals surface area contributed by atoms with E-state index < -0.39 is 18.0 Å². The monoisotopic (exact) mass is 236 g/mol. The van der Waals surface area contributed by atoms with Crippen molar-refractivity contribution in [3.63, 3.8) is 0 Å². The van der Waals surface area contributed by atoms with Crippen LogP contribution in [0.5, 0.6) is 0 Å². The first-order chi connectivity index (χ1) is 7.91. The van der Waals surface area contributed by atoms with E-state index in [1.165, 1.54) is 31.2 Å². The molecule has 1 aromatic rings. The van der Waals surface area contributed by atoms with E-state index in [-0.39, 0.29) is 11.3 Å². The van der Waals surface area contributed by atoms with Crippen molar-refractivity contribution < 1.29 is 19.5 Å². The number of amides is 1. The van der Waals surface area contributed by atoms with Crippen LogP contribution in [0.1, 0.15) is 27.6 Å². The number of benzene rings is 1. The van der Waals surface area contributed by atoms with Crippen LogP contribution in [-0.2, 0) is 4.79 Å². The van der Waals surface area contributed by atoms with Crippen LogP contribution in [0.3, 0.4) is 0 Å². The number of Topliss-reactive ketones (excluding diaryl/α,β-unsaturated/α-hetero) is 1. The summed E-state index contributed by atoms with van der Waals surface area (Å²) in [4.78, 5) is 32.9. The maximum atomic E-state index is 11.5. The first-order valence-corrected chi connectivity index (χ1v) is 4.82. The molecule has 0 aliphatic heterocycles. The topological polar surface area (TPSA) is 109 Å². The Labute approximate surface area is 97.4 Å². The summed E-state index contributed by atoms with van der Waals surface area (Å²) in [6.07, 6.45) is -1.45. The number of carbonyl (C=O) groups is 3. The van der Waals surface area contributed by atoms with Gasteiger partial charge in [-0.15, -0.1) is 0 Å². The molecule has 0 radical (unpaired) electrons. The van der Waals surface area contributed by atoms with Crippen LogP contribution < -0.4 is 11.1 Å². The van der Waals surface area contributed by atoms with E-state index in [1.54, 1.807) is 0 Å². The molecule has 1 rings (SSSR count). The van der Waals surface area contributed by atoms with Gasteiger partial charge in [-0.3, -0.25) is 9.59 Å². The zero-order valence-corrected chi connectivity index (χ0v) is 9.14. The Morgan fingerprint density at radius 1 is 1.18 bits per heavy atom. The van der Waals surface area contributed by atoms with Crippen molar-refractivity contribution in [1.29, 1.82) is 0 Å². The fourth-order valence-corrected chi connectivity index (χ4v) is 1.14. The van der Waals surface area contributed by atoms with E-state index in [4.69, 9.17) is 10.8 Å². The van der Waals surface area contributed by atoms with E-state index in [1.807, 2.05) is 0 Å². The van der Waals surface area contributed by atoms with E-state index in [0.29, 0.717) is 5.56 Å². The molecular formula is C11H12N2O4. The summed E-state index contributed by atoms with van der Waals surface area (Å²) in [6, 6.07) is 5.84. The van der Waals surface area contributed by atoms with Crippen LogP contribution in [0.2, 0.25) is 0 Å². The van der Waals surface area contributed by atoms with Gasteiger partial charge in [-0.05, 0) is 19.1 Å². The molecule has 1 unspecified atom stereocenters. The molecule has 0 aromatic heterocycles. The van der Waals surface area contributed by atoms with Crippen LogP contribution in [-0.4, -0.2) is 28.9 Å². The Morgan fingerprint density at radius 2 is 1.65 bits per heavy atom. The van der Waals surface area contributed by atoms with Crippen LogP contribution in [0.25, 0.3) is 0 Å². The van der Waals surface area contributed by atoms with Gasteiger partial charge in [-0.2, -0.15) is 0 Å². The molecule has 4 N–H and O–H groups in total. The van der Waals surface area contributed by atoms with Crippen molar-refractivity contribution in [3.8, 4) is 0 Å². The number of carbonyl (C=O) groups excluding carboxylic acids is 2. The minimum absolute atomic E-state index is 0.112. The molecule has 0 saturated heterocycles. The van der Waals surface area contributed by atoms with Gasteiger partial charge < -0.3 is 16.2 Å². The second kappa shape index (κ2) is 5.22. The molecular weight excluding hydrogens is 224 g/mol. The Balaban J connectivity index is 2.77. The number of hydrogen-bond donors (Lipinski definition) is 3. The quantitative estimate of drug-likeness (QED) is 0.503. The van der Waals surface area contributed by atoms with Gasteiger partial charge >= 0.3 is 5.97 Å². The molecule has 0 fully saturated rings. The molecule has 0 aliphatic rings. The lowest BCUT2D eigenvalue weighted by Crippen LogP contribution is -2.47. The van der Waals surface area contributed by atoms with Crippen molar-refractivity contribution >= 4 is 17.7 Å². The van der Waals surface area contributed by atoms with Crippen LogP contribution in [0.4, 0.5) is 0 Å². The number of hydrogen-bond acceptors (Lipinski definition) is 4. The number of nitrogens with one attached hydrogen (secondary N) is 1. The van der Waals surface area contributed by atoms with Gasteiger partial charge in [0.05, 0.1) is 0 Å². The SMILES string of the molecule is CC(=O)c1ccc(C(=O)NC(N)C(=O)O)cc1. The van der Waals surface area contributed by atoms with Crippen LogP contribution in [0, 0.1) is 0 Å². The largest absolute Gasteiger partial charge is 0.479 e. The van der Waals surface area contributed by atoms with E-state index in [9.17, 15) is 14.4 Å². The lowest BCUT2D eigenvalue weighted by Gasteiger charge is -2.09. The van der Waals surface area contributed by atoms with E-state index >= 15 is 0 Å². The lowest BCUT2D eigenvalue weighted by molar-refractivity contribution is -0.139. The fraction of sp³-hybridized carbons (Fsp3) is 0.182. The average Bonchev–Trinajstić information content (AvgIpc) is 2.28. The van der Waals surface area contributed by atoms with Crippen molar-refractivity contribution in [1.82, 2.24) is 5.32 Å². The lowest BCUT2D eigenvalue weighted by atomic mass is 10.1. The standard InChI is InChI=1S/C11H12N2O4/c1-6(14)7-2-4-8(5-3-7)10(15)13-9(12)11(16)17/h2-5,9H,12H2,1H3,(H,13,15)(H,16,17).